The average Bonchev–Trinajstić information content (AvgIpc) is 2.90. The lowest BCUT2D eigenvalue weighted by atomic mass is 9.90. The lowest BCUT2D eigenvalue weighted by molar-refractivity contribution is 0.447. The molecule has 1 saturated carbocycles. The predicted octanol–water partition coefficient (Wildman–Crippen LogP) is 3.73. The minimum Gasteiger partial charge on any atom is -0.324 e. The molecule has 94 valence electrons. The van der Waals surface area contributed by atoms with Gasteiger partial charge in [-0.2, -0.15) is 0 Å². The van der Waals surface area contributed by atoms with Crippen LogP contribution in [0.3, 0.4) is 0 Å². The molecule has 0 aliphatic heterocycles. The Morgan fingerprint density at radius 1 is 1.22 bits per heavy atom. The molecule has 1 aromatic heterocycles. The van der Waals surface area contributed by atoms with E-state index in [2.05, 4.69) is 36.2 Å². The first-order chi connectivity index (χ1) is 8.75. The van der Waals surface area contributed by atoms with E-state index in [1.54, 1.807) is 0 Å². The number of aromatic nitrogens is 1. The van der Waals surface area contributed by atoms with Gasteiger partial charge in [0.05, 0.1) is 5.52 Å². The van der Waals surface area contributed by atoms with Crippen molar-refractivity contribution in [2.24, 2.45) is 11.7 Å². The minimum absolute atomic E-state index is 0.166. The smallest absolute Gasteiger partial charge is 0.0708 e. The van der Waals surface area contributed by atoms with Crippen molar-refractivity contribution in [2.45, 2.75) is 38.6 Å². The fourth-order valence-corrected chi connectivity index (χ4v) is 3.19. The van der Waals surface area contributed by atoms with Crippen molar-refractivity contribution in [1.82, 2.24) is 4.98 Å². The van der Waals surface area contributed by atoms with Gasteiger partial charge in [0, 0.05) is 17.1 Å². The van der Waals surface area contributed by atoms with E-state index in [4.69, 9.17) is 5.73 Å². The topological polar surface area (TPSA) is 38.9 Å². The molecule has 0 saturated heterocycles. The van der Waals surface area contributed by atoms with Crippen molar-refractivity contribution in [3.63, 3.8) is 0 Å². The zero-order valence-corrected chi connectivity index (χ0v) is 10.9. The first kappa shape index (κ1) is 11.7. The highest BCUT2D eigenvalue weighted by Crippen LogP contribution is 2.36. The standard InChI is InChI=1S/C16H20N2/c1-11-10-14(16(17)12-6-2-3-7-12)13-8-4-5-9-15(13)18-11/h4-5,8-10,12,16H,2-3,6-7,17H2,1H3. The summed E-state index contributed by atoms with van der Waals surface area (Å²) in [6.45, 7) is 2.05. The third kappa shape index (κ3) is 2.01. The van der Waals surface area contributed by atoms with Crippen LogP contribution >= 0.6 is 0 Å². The molecule has 1 unspecified atom stereocenters. The van der Waals surface area contributed by atoms with E-state index < -0.39 is 0 Å². The van der Waals surface area contributed by atoms with E-state index >= 15 is 0 Å². The van der Waals surface area contributed by atoms with Gasteiger partial charge in [-0.3, -0.25) is 4.98 Å². The molecule has 1 aliphatic carbocycles. The third-order valence-electron chi connectivity index (χ3n) is 4.14. The number of fused-ring (bicyclic) bond motifs is 1. The van der Waals surface area contributed by atoms with Crippen LogP contribution in [-0.2, 0) is 0 Å². The lowest BCUT2D eigenvalue weighted by Gasteiger charge is -2.21. The van der Waals surface area contributed by atoms with Crippen LogP contribution < -0.4 is 5.73 Å². The molecule has 1 fully saturated rings. The quantitative estimate of drug-likeness (QED) is 0.868. The second kappa shape index (κ2) is 4.69. The Labute approximate surface area is 108 Å². The number of nitrogens with zero attached hydrogens (tertiary/aromatic N) is 1. The maximum absolute atomic E-state index is 6.51. The molecule has 2 N–H and O–H groups in total. The van der Waals surface area contributed by atoms with Gasteiger partial charge >= 0.3 is 0 Å². The molecule has 1 aliphatic rings. The van der Waals surface area contributed by atoms with Gasteiger partial charge in [0.25, 0.3) is 0 Å². The van der Waals surface area contributed by atoms with Gasteiger partial charge in [-0.25, -0.2) is 0 Å². The number of hydrogen-bond acceptors (Lipinski definition) is 2. The molecular weight excluding hydrogens is 220 g/mol. The molecule has 0 spiro atoms. The second-order valence-corrected chi connectivity index (χ2v) is 5.44. The summed E-state index contributed by atoms with van der Waals surface area (Å²) in [5.41, 5.74) is 9.93. The summed E-state index contributed by atoms with van der Waals surface area (Å²) in [6, 6.07) is 10.7. The van der Waals surface area contributed by atoms with Crippen LogP contribution in [0, 0.1) is 12.8 Å². The van der Waals surface area contributed by atoms with Crippen LogP contribution in [0.15, 0.2) is 30.3 Å². The molecule has 0 radical (unpaired) electrons. The minimum atomic E-state index is 0.166. The van der Waals surface area contributed by atoms with Crippen LogP contribution in [0.2, 0.25) is 0 Å². The summed E-state index contributed by atoms with van der Waals surface area (Å²) >= 11 is 0. The molecule has 3 rings (SSSR count). The third-order valence-corrected chi connectivity index (χ3v) is 4.14. The number of hydrogen-bond donors (Lipinski definition) is 1. The van der Waals surface area contributed by atoms with Crippen molar-refractivity contribution in [3.05, 3.63) is 41.6 Å². The molecular formula is C16H20N2. The highest BCUT2D eigenvalue weighted by Gasteiger charge is 2.24. The molecule has 2 nitrogen and oxygen atoms in total. The van der Waals surface area contributed by atoms with E-state index in [9.17, 15) is 0 Å². The normalized spacial score (nSPS) is 18.3. The Bertz CT molecular complexity index is 556. The van der Waals surface area contributed by atoms with Gasteiger partial charge < -0.3 is 5.73 Å². The van der Waals surface area contributed by atoms with Gasteiger partial charge in [0.15, 0.2) is 0 Å². The zero-order valence-electron chi connectivity index (χ0n) is 10.9. The summed E-state index contributed by atoms with van der Waals surface area (Å²) < 4.78 is 0. The maximum atomic E-state index is 6.51. The lowest BCUT2D eigenvalue weighted by Crippen LogP contribution is -2.19. The number of para-hydroxylation sites is 1. The number of pyridine rings is 1. The van der Waals surface area contributed by atoms with Gasteiger partial charge in [-0.1, -0.05) is 31.0 Å². The molecule has 2 heteroatoms. The summed E-state index contributed by atoms with van der Waals surface area (Å²) in [7, 11) is 0. The molecule has 1 aromatic carbocycles. The number of aryl methyl sites for hydroxylation is 1. The Balaban J connectivity index is 2.09. The van der Waals surface area contributed by atoms with Crippen molar-refractivity contribution < 1.29 is 0 Å². The van der Waals surface area contributed by atoms with Crippen molar-refractivity contribution in [3.8, 4) is 0 Å². The van der Waals surface area contributed by atoms with E-state index in [0.717, 1.165) is 11.2 Å². The number of rotatable bonds is 2. The average molecular weight is 240 g/mol. The molecule has 1 heterocycles. The second-order valence-electron chi connectivity index (χ2n) is 5.44. The monoisotopic (exact) mass is 240 g/mol. The summed E-state index contributed by atoms with van der Waals surface area (Å²) in [5.74, 6) is 0.648. The van der Waals surface area contributed by atoms with Gasteiger partial charge in [0.2, 0.25) is 0 Å². The van der Waals surface area contributed by atoms with Crippen LogP contribution in [-0.4, -0.2) is 4.98 Å². The highest BCUT2D eigenvalue weighted by molar-refractivity contribution is 5.82. The highest BCUT2D eigenvalue weighted by atomic mass is 14.7. The fraction of sp³-hybridized carbons (Fsp3) is 0.438. The van der Waals surface area contributed by atoms with Gasteiger partial charge in [-0.15, -0.1) is 0 Å². The van der Waals surface area contributed by atoms with E-state index in [1.165, 1.54) is 36.6 Å². The summed E-state index contributed by atoms with van der Waals surface area (Å²) in [4.78, 5) is 4.59. The first-order valence-electron chi connectivity index (χ1n) is 6.87. The van der Waals surface area contributed by atoms with E-state index in [-0.39, 0.29) is 6.04 Å². The summed E-state index contributed by atoms with van der Waals surface area (Å²) in [5, 5.41) is 1.22. The largest absolute Gasteiger partial charge is 0.324 e. The van der Waals surface area contributed by atoms with E-state index in [0.29, 0.717) is 5.92 Å². The zero-order chi connectivity index (χ0) is 12.5. The fourth-order valence-electron chi connectivity index (χ4n) is 3.19. The number of nitrogens with two attached hydrogens (primary N) is 1. The SMILES string of the molecule is Cc1cc(C(N)C2CCCC2)c2ccccc2n1. The Morgan fingerprint density at radius 2 is 1.94 bits per heavy atom. The molecule has 1 atom stereocenters. The maximum Gasteiger partial charge on any atom is 0.0708 e. The summed E-state index contributed by atoms with van der Waals surface area (Å²) in [6.07, 6.45) is 5.22. The van der Waals surface area contributed by atoms with Gasteiger partial charge in [0.1, 0.15) is 0 Å². The van der Waals surface area contributed by atoms with Crippen LogP contribution in [0.4, 0.5) is 0 Å². The van der Waals surface area contributed by atoms with E-state index in [1.807, 2.05) is 6.07 Å². The molecule has 0 amide bonds. The predicted molar refractivity (Wildman–Crippen MR) is 75.4 cm³/mol. The van der Waals surface area contributed by atoms with Crippen LogP contribution in [0.5, 0.6) is 0 Å². The molecule has 2 aromatic rings. The Morgan fingerprint density at radius 3 is 2.72 bits per heavy atom. The Kier molecular flexibility index (Phi) is 3.04. The van der Waals surface area contributed by atoms with Crippen molar-refractivity contribution in [1.29, 1.82) is 0 Å². The molecule has 18 heavy (non-hydrogen) atoms. The van der Waals surface area contributed by atoms with Crippen molar-refractivity contribution in [2.75, 3.05) is 0 Å². The molecule has 0 bridgehead atoms. The van der Waals surface area contributed by atoms with Gasteiger partial charge in [-0.05, 0) is 43.4 Å². The van der Waals surface area contributed by atoms with Crippen LogP contribution in [0.1, 0.15) is 43.0 Å². The van der Waals surface area contributed by atoms with Crippen LogP contribution in [0.25, 0.3) is 10.9 Å². The number of benzene rings is 1. The van der Waals surface area contributed by atoms with Crippen molar-refractivity contribution >= 4 is 10.9 Å². The Hall–Kier alpha value is -1.41. The first-order valence-corrected chi connectivity index (χ1v) is 6.87.